The van der Waals surface area contributed by atoms with Crippen molar-refractivity contribution in [1.29, 1.82) is 0 Å². The summed E-state index contributed by atoms with van der Waals surface area (Å²) in [6.45, 7) is 2.57. The normalized spacial score (nSPS) is 18.0. The van der Waals surface area contributed by atoms with Crippen molar-refractivity contribution in [3.05, 3.63) is 38.4 Å². The average Bonchev–Trinajstić information content (AvgIpc) is 3.11. The Hall–Kier alpha value is -1.66. The molecule has 4 rings (SSSR count). The molecular formula is C16H18N2O3S. The van der Waals surface area contributed by atoms with Crippen LogP contribution in [0.2, 0.25) is 0 Å². The number of rotatable bonds is 3. The van der Waals surface area contributed by atoms with Gasteiger partial charge in [0.1, 0.15) is 16.3 Å². The van der Waals surface area contributed by atoms with E-state index in [1.54, 1.807) is 0 Å². The number of aromatic carboxylic acids is 1. The number of aromatic nitrogens is 1. The largest absolute Gasteiger partial charge is 0.477 e. The van der Waals surface area contributed by atoms with E-state index in [-0.39, 0.29) is 0 Å². The molecule has 3 heterocycles. The molecule has 0 atom stereocenters. The smallest absolute Gasteiger partial charge is 0.345 e. The zero-order valence-corrected chi connectivity index (χ0v) is 13.1. The highest BCUT2D eigenvalue weighted by molar-refractivity contribution is 7.14. The predicted molar refractivity (Wildman–Crippen MR) is 82.2 cm³/mol. The number of fused-ring (bicyclic) bond motifs is 2. The van der Waals surface area contributed by atoms with Crippen molar-refractivity contribution in [1.82, 2.24) is 10.1 Å². The van der Waals surface area contributed by atoms with Gasteiger partial charge in [-0.3, -0.25) is 4.90 Å². The van der Waals surface area contributed by atoms with Crippen molar-refractivity contribution in [3.8, 4) is 0 Å². The lowest BCUT2D eigenvalue weighted by Gasteiger charge is -2.26. The van der Waals surface area contributed by atoms with Crippen molar-refractivity contribution in [2.24, 2.45) is 0 Å². The summed E-state index contributed by atoms with van der Waals surface area (Å²) in [6, 6.07) is 1.83. The standard InChI is InChI=1S/C16H18N2O3S/c19-16(20)14-7-10-5-6-18(9-15(10)22-14)8-12-11-3-1-2-4-13(11)21-17-12/h7H,1-6,8-9H2,(H,19,20). The topological polar surface area (TPSA) is 66.6 Å². The first-order valence-electron chi connectivity index (χ1n) is 7.74. The molecule has 6 heteroatoms. The van der Waals surface area contributed by atoms with Crippen LogP contribution in [0.25, 0.3) is 0 Å². The van der Waals surface area contributed by atoms with Gasteiger partial charge in [-0.25, -0.2) is 4.79 Å². The maximum Gasteiger partial charge on any atom is 0.345 e. The van der Waals surface area contributed by atoms with Gasteiger partial charge in [0.15, 0.2) is 0 Å². The van der Waals surface area contributed by atoms with Gasteiger partial charge < -0.3 is 9.63 Å². The number of hydrogen-bond donors (Lipinski definition) is 1. The van der Waals surface area contributed by atoms with Crippen LogP contribution in [0.4, 0.5) is 0 Å². The minimum atomic E-state index is -0.823. The monoisotopic (exact) mass is 318 g/mol. The molecule has 2 aliphatic rings. The van der Waals surface area contributed by atoms with Gasteiger partial charge in [0, 0.05) is 36.5 Å². The Morgan fingerprint density at radius 3 is 3.09 bits per heavy atom. The molecule has 0 saturated heterocycles. The van der Waals surface area contributed by atoms with Crippen LogP contribution in [0.1, 0.15) is 50.0 Å². The molecule has 0 radical (unpaired) electrons. The third-order valence-corrected chi connectivity index (χ3v) is 5.73. The Balaban J connectivity index is 1.50. The Kier molecular flexibility index (Phi) is 3.50. The van der Waals surface area contributed by atoms with Crippen molar-refractivity contribution < 1.29 is 14.4 Å². The Labute approximate surface area is 132 Å². The highest BCUT2D eigenvalue weighted by Gasteiger charge is 2.25. The van der Waals surface area contributed by atoms with Gasteiger partial charge >= 0.3 is 5.97 Å². The molecule has 5 nitrogen and oxygen atoms in total. The van der Waals surface area contributed by atoms with E-state index >= 15 is 0 Å². The molecule has 22 heavy (non-hydrogen) atoms. The molecule has 0 unspecified atom stereocenters. The number of carboxylic acid groups (broad SMARTS) is 1. The molecule has 2 aromatic heterocycles. The molecule has 0 spiro atoms. The lowest BCUT2D eigenvalue weighted by atomic mass is 9.96. The first-order chi connectivity index (χ1) is 10.7. The molecule has 0 fully saturated rings. The van der Waals surface area contributed by atoms with Gasteiger partial charge in [0.25, 0.3) is 0 Å². The Bertz CT molecular complexity index is 719. The van der Waals surface area contributed by atoms with Gasteiger partial charge in [-0.05, 0) is 37.3 Å². The molecule has 1 aliphatic heterocycles. The van der Waals surface area contributed by atoms with E-state index in [1.165, 1.54) is 40.2 Å². The second kappa shape index (κ2) is 5.52. The van der Waals surface area contributed by atoms with Gasteiger partial charge in [-0.2, -0.15) is 0 Å². The second-order valence-corrected chi connectivity index (χ2v) is 7.20. The molecule has 0 bridgehead atoms. The van der Waals surface area contributed by atoms with E-state index < -0.39 is 5.97 Å². The summed E-state index contributed by atoms with van der Waals surface area (Å²) >= 11 is 1.40. The second-order valence-electron chi connectivity index (χ2n) is 6.06. The van der Waals surface area contributed by atoms with Crippen molar-refractivity contribution in [2.45, 2.75) is 45.2 Å². The molecule has 1 aliphatic carbocycles. The predicted octanol–water partition coefficient (Wildman–Crippen LogP) is 2.87. The lowest BCUT2D eigenvalue weighted by molar-refractivity contribution is 0.0702. The van der Waals surface area contributed by atoms with E-state index in [4.69, 9.17) is 9.63 Å². The van der Waals surface area contributed by atoms with E-state index in [0.29, 0.717) is 4.88 Å². The van der Waals surface area contributed by atoms with E-state index in [1.807, 2.05) is 6.07 Å². The number of carbonyl (C=O) groups is 1. The highest BCUT2D eigenvalue weighted by Crippen LogP contribution is 2.30. The van der Waals surface area contributed by atoms with Crippen LogP contribution in [-0.4, -0.2) is 27.7 Å². The Morgan fingerprint density at radius 2 is 2.23 bits per heavy atom. The quantitative estimate of drug-likeness (QED) is 0.942. The van der Waals surface area contributed by atoms with Crippen LogP contribution in [0.3, 0.4) is 0 Å². The third-order valence-electron chi connectivity index (χ3n) is 4.58. The fraction of sp³-hybridized carbons (Fsp3) is 0.500. The third kappa shape index (κ3) is 2.46. The summed E-state index contributed by atoms with van der Waals surface area (Å²) in [6.07, 6.45) is 5.42. The maximum atomic E-state index is 11.1. The summed E-state index contributed by atoms with van der Waals surface area (Å²) in [7, 11) is 0. The minimum Gasteiger partial charge on any atom is -0.477 e. The van der Waals surface area contributed by atoms with E-state index in [9.17, 15) is 4.79 Å². The number of carboxylic acids is 1. The van der Waals surface area contributed by atoms with Crippen LogP contribution in [0.5, 0.6) is 0 Å². The van der Waals surface area contributed by atoms with Gasteiger partial charge in [-0.1, -0.05) is 5.16 Å². The molecule has 0 aromatic carbocycles. The molecule has 116 valence electrons. The summed E-state index contributed by atoms with van der Waals surface area (Å²) in [5, 5.41) is 13.4. The van der Waals surface area contributed by atoms with Gasteiger partial charge in [0.2, 0.25) is 0 Å². The zero-order chi connectivity index (χ0) is 15.1. The van der Waals surface area contributed by atoms with Crippen LogP contribution < -0.4 is 0 Å². The summed E-state index contributed by atoms with van der Waals surface area (Å²) < 4.78 is 5.48. The number of nitrogens with zero attached hydrogens (tertiary/aromatic N) is 2. The first kappa shape index (κ1) is 14.0. The van der Waals surface area contributed by atoms with Crippen LogP contribution in [0, 0.1) is 0 Å². The summed E-state index contributed by atoms with van der Waals surface area (Å²) in [5.74, 6) is 0.250. The van der Waals surface area contributed by atoms with Crippen LogP contribution in [-0.2, 0) is 32.4 Å². The minimum absolute atomic E-state index is 0.450. The van der Waals surface area contributed by atoms with E-state index in [2.05, 4.69) is 10.1 Å². The first-order valence-corrected chi connectivity index (χ1v) is 8.56. The summed E-state index contributed by atoms with van der Waals surface area (Å²) in [4.78, 5) is 15.1. The maximum absolute atomic E-state index is 11.1. The molecule has 2 aromatic rings. The zero-order valence-electron chi connectivity index (χ0n) is 12.3. The van der Waals surface area contributed by atoms with Crippen molar-refractivity contribution >= 4 is 17.3 Å². The fourth-order valence-corrected chi connectivity index (χ4v) is 4.49. The van der Waals surface area contributed by atoms with Gasteiger partial charge in [-0.15, -0.1) is 11.3 Å². The molecule has 0 amide bonds. The highest BCUT2D eigenvalue weighted by atomic mass is 32.1. The number of aryl methyl sites for hydroxylation is 1. The van der Waals surface area contributed by atoms with Crippen molar-refractivity contribution in [3.63, 3.8) is 0 Å². The fourth-order valence-electron chi connectivity index (χ4n) is 3.40. The van der Waals surface area contributed by atoms with Crippen LogP contribution >= 0.6 is 11.3 Å². The van der Waals surface area contributed by atoms with Crippen LogP contribution in [0.15, 0.2) is 10.6 Å². The van der Waals surface area contributed by atoms with Crippen molar-refractivity contribution in [2.75, 3.05) is 6.54 Å². The SMILES string of the molecule is O=C(O)c1cc2c(s1)CN(Cc1noc3c1CCCC3)CC2. The Morgan fingerprint density at radius 1 is 1.36 bits per heavy atom. The van der Waals surface area contributed by atoms with E-state index in [0.717, 1.165) is 50.4 Å². The molecule has 0 saturated carbocycles. The number of hydrogen-bond acceptors (Lipinski definition) is 5. The molecular weight excluding hydrogens is 300 g/mol. The summed E-state index contributed by atoms with van der Waals surface area (Å²) in [5.41, 5.74) is 3.59. The molecule has 1 N–H and O–H groups in total. The van der Waals surface area contributed by atoms with Gasteiger partial charge in [0.05, 0.1) is 0 Å². The number of thiophene rings is 1. The average molecular weight is 318 g/mol. The lowest BCUT2D eigenvalue weighted by Crippen LogP contribution is -2.29.